The summed E-state index contributed by atoms with van der Waals surface area (Å²) in [5.74, 6) is 1.70. The van der Waals surface area contributed by atoms with E-state index in [9.17, 15) is 15.2 Å². The van der Waals surface area contributed by atoms with Crippen molar-refractivity contribution >= 4 is 34.6 Å². The number of anilines is 3. The van der Waals surface area contributed by atoms with Gasteiger partial charge in [0.1, 0.15) is 17.6 Å². The number of fused-ring (bicyclic) bond motifs is 1. The van der Waals surface area contributed by atoms with Gasteiger partial charge < -0.3 is 20.5 Å². The van der Waals surface area contributed by atoms with E-state index < -0.39 is 6.09 Å². The first-order valence-electron chi connectivity index (χ1n) is 10.9. The Bertz CT molecular complexity index is 1470. The number of nitrogens with one attached hydrogen (secondary N) is 2. The quantitative estimate of drug-likeness (QED) is 0.384. The first kappa shape index (κ1) is 21.8. The Labute approximate surface area is 200 Å². The molecule has 35 heavy (non-hydrogen) atoms. The average Bonchev–Trinajstić information content (AvgIpc) is 3.46. The maximum absolute atomic E-state index is 11.5. The van der Waals surface area contributed by atoms with Crippen molar-refractivity contribution in [3.63, 3.8) is 0 Å². The van der Waals surface area contributed by atoms with E-state index in [0.29, 0.717) is 41.3 Å². The van der Waals surface area contributed by atoms with E-state index in [1.807, 2.05) is 61.5 Å². The Morgan fingerprint density at radius 3 is 2.57 bits per heavy atom. The van der Waals surface area contributed by atoms with Gasteiger partial charge in [0, 0.05) is 11.3 Å². The predicted molar refractivity (Wildman–Crippen MR) is 132 cm³/mol. The molecule has 2 aromatic heterocycles. The fourth-order valence-electron chi connectivity index (χ4n) is 3.86. The number of amides is 1. The fourth-order valence-corrected chi connectivity index (χ4v) is 3.86. The Morgan fingerprint density at radius 2 is 1.86 bits per heavy atom. The van der Waals surface area contributed by atoms with Crippen LogP contribution in [0, 0.1) is 18.3 Å². The molecule has 5 rings (SSSR count). The fraction of sp³-hybridized carbons (Fsp3) is 0.120. The maximum Gasteiger partial charge on any atom is 0.414 e. The summed E-state index contributed by atoms with van der Waals surface area (Å²) < 4.78 is 7.50. The van der Waals surface area contributed by atoms with Gasteiger partial charge >= 0.3 is 6.09 Å². The number of hydrogen-bond acceptors (Lipinski definition) is 7. The van der Waals surface area contributed by atoms with E-state index in [1.54, 1.807) is 10.7 Å². The van der Waals surface area contributed by atoms with Gasteiger partial charge in [0.15, 0.2) is 0 Å². The number of ether oxygens (including phenoxy) is 1. The molecule has 0 spiro atoms. The molecule has 0 atom stereocenters. The summed E-state index contributed by atoms with van der Waals surface area (Å²) in [5, 5.41) is 29.9. The Balaban J connectivity index is 1.44. The van der Waals surface area contributed by atoms with Gasteiger partial charge in [-0.2, -0.15) is 10.4 Å². The van der Waals surface area contributed by atoms with Gasteiger partial charge in [0.25, 0.3) is 0 Å². The number of rotatable bonds is 5. The second-order valence-corrected chi connectivity index (χ2v) is 7.84. The third kappa shape index (κ3) is 4.30. The van der Waals surface area contributed by atoms with Gasteiger partial charge in [-0.3, -0.25) is 4.99 Å². The van der Waals surface area contributed by atoms with Crippen molar-refractivity contribution in [3.05, 3.63) is 78.1 Å². The molecule has 1 aliphatic heterocycles. The average molecular weight is 467 g/mol. The number of benzene rings is 2. The van der Waals surface area contributed by atoms with Crippen molar-refractivity contribution in [2.45, 2.75) is 6.92 Å². The van der Waals surface area contributed by atoms with E-state index in [2.05, 4.69) is 26.8 Å². The molecule has 1 aliphatic rings. The van der Waals surface area contributed by atoms with E-state index in [1.165, 1.54) is 6.20 Å². The Kier molecular flexibility index (Phi) is 5.65. The molecule has 0 saturated carbocycles. The van der Waals surface area contributed by atoms with E-state index in [4.69, 9.17) is 4.74 Å². The molecular weight excluding hydrogens is 446 g/mol. The monoisotopic (exact) mass is 467 g/mol. The molecule has 0 fully saturated rings. The van der Waals surface area contributed by atoms with Gasteiger partial charge in [-0.05, 0) is 43.3 Å². The summed E-state index contributed by atoms with van der Waals surface area (Å²) in [6.45, 7) is 2.58. The standard InChI is InChI=1S/C25H21N7O3/c1-16-21(30-24-27-11-12-31(24)25(33)34)15-32-23(16)22(17(13-26)14-28-32)29-18-7-9-20(10-8-18)35-19-5-3-2-4-6-19/h2-10,14-15,29H,11-12H2,1H3,(H,27,30)(H,33,34). The largest absolute Gasteiger partial charge is 0.465 e. The molecule has 0 unspecified atom stereocenters. The molecule has 3 N–H and O–H groups in total. The molecule has 1 amide bonds. The zero-order chi connectivity index (χ0) is 24.4. The summed E-state index contributed by atoms with van der Waals surface area (Å²) in [6.07, 6.45) is 2.17. The molecule has 10 nitrogen and oxygen atoms in total. The molecule has 2 aromatic carbocycles. The van der Waals surface area contributed by atoms with Crippen molar-refractivity contribution in [1.29, 1.82) is 5.26 Å². The lowest BCUT2D eigenvalue weighted by atomic mass is 10.1. The van der Waals surface area contributed by atoms with Crippen LogP contribution in [0.3, 0.4) is 0 Å². The SMILES string of the molecule is Cc1c(NC2=NCCN2C(=O)O)cn2ncc(C#N)c(Nc3ccc(Oc4ccccc4)cc3)c12. The van der Waals surface area contributed by atoms with Crippen LogP contribution in [0.4, 0.5) is 21.9 Å². The molecular formula is C25H21N7O3. The minimum Gasteiger partial charge on any atom is -0.465 e. The van der Waals surface area contributed by atoms with Crippen molar-refractivity contribution in [3.8, 4) is 17.6 Å². The molecule has 0 saturated heterocycles. The van der Waals surface area contributed by atoms with Crippen LogP contribution in [0.5, 0.6) is 11.5 Å². The van der Waals surface area contributed by atoms with Gasteiger partial charge in [-0.25, -0.2) is 14.2 Å². The van der Waals surface area contributed by atoms with Gasteiger partial charge in [-0.15, -0.1) is 0 Å². The Hall–Kier alpha value is -5.04. The zero-order valence-corrected chi connectivity index (χ0v) is 18.8. The molecule has 174 valence electrons. The van der Waals surface area contributed by atoms with Gasteiger partial charge in [-0.1, -0.05) is 18.2 Å². The summed E-state index contributed by atoms with van der Waals surface area (Å²) in [4.78, 5) is 16.9. The van der Waals surface area contributed by atoms with Crippen LogP contribution in [0.2, 0.25) is 0 Å². The highest BCUT2D eigenvalue weighted by Gasteiger charge is 2.25. The predicted octanol–water partition coefficient (Wildman–Crippen LogP) is 4.81. The molecule has 4 aromatic rings. The van der Waals surface area contributed by atoms with Gasteiger partial charge in [0.2, 0.25) is 5.96 Å². The van der Waals surface area contributed by atoms with Crippen molar-refractivity contribution < 1.29 is 14.6 Å². The van der Waals surface area contributed by atoms with E-state index >= 15 is 0 Å². The number of aryl methyl sites for hydroxylation is 1. The van der Waals surface area contributed by atoms with Crippen molar-refractivity contribution in [2.75, 3.05) is 23.7 Å². The van der Waals surface area contributed by atoms with Crippen LogP contribution in [0.25, 0.3) is 5.52 Å². The van der Waals surface area contributed by atoms with Crippen LogP contribution in [-0.4, -0.2) is 44.8 Å². The van der Waals surface area contributed by atoms with Crippen LogP contribution >= 0.6 is 0 Å². The number of carbonyl (C=O) groups is 1. The number of nitriles is 1. The number of carboxylic acid groups (broad SMARTS) is 1. The highest BCUT2D eigenvalue weighted by molar-refractivity contribution is 6.04. The Morgan fingerprint density at radius 1 is 1.11 bits per heavy atom. The van der Waals surface area contributed by atoms with E-state index in [-0.39, 0.29) is 5.96 Å². The number of aromatic nitrogens is 2. The third-order valence-corrected chi connectivity index (χ3v) is 5.60. The minimum absolute atomic E-state index is 0.264. The molecule has 0 bridgehead atoms. The number of hydrogen-bond donors (Lipinski definition) is 3. The summed E-state index contributed by atoms with van der Waals surface area (Å²) >= 11 is 0. The first-order valence-corrected chi connectivity index (χ1v) is 10.9. The smallest absolute Gasteiger partial charge is 0.414 e. The lowest BCUT2D eigenvalue weighted by molar-refractivity contribution is 0.172. The van der Waals surface area contributed by atoms with Gasteiger partial charge in [0.05, 0.1) is 47.9 Å². The molecule has 10 heteroatoms. The highest BCUT2D eigenvalue weighted by Crippen LogP contribution is 2.33. The molecule has 0 radical (unpaired) electrons. The zero-order valence-electron chi connectivity index (χ0n) is 18.8. The summed E-state index contributed by atoms with van der Waals surface area (Å²) in [7, 11) is 0. The van der Waals surface area contributed by atoms with E-state index in [0.717, 1.165) is 21.9 Å². The summed E-state index contributed by atoms with van der Waals surface area (Å²) in [6, 6.07) is 19.1. The first-order chi connectivity index (χ1) is 17.0. The van der Waals surface area contributed by atoms with Crippen LogP contribution in [-0.2, 0) is 0 Å². The highest BCUT2D eigenvalue weighted by atomic mass is 16.5. The number of aliphatic imine (C=N–C) groups is 1. The number of nitrogens with zero attached hydrogens (tertiary/aromatic N) is 5. The van der Waals surface area contributed by atoms with Crippen LogP contribution in [0.1, 0.15) is 11.1 Å². The second-order valence-electron chi connectivity index (χ2n) is 7.84. The number of guanidine groups is 1. The lowest BCUT2D eigenvalue weighted by Crippen LogP contribution is -2.37. The number of para-hydroxylation sites is 1. The molecule has 3 heterocycles. The lowest BCUT2D eigenvalue weighted by Gasteiger charge is -2.15. The van der Waals surface area contributed by atoms with Crippen LogP contribution < -0.4 is 15.4 Å². The maximum atomic E-state index is 11.5. The van der Waals surface area contributed by atoms with Crippen molar-refractivity contribution in [1.82, 2.24) is 14.5 Å². The second kappa shape index (κ2) is 9.07. The van der Waals surface area contributed by atoms with Crippen molar-refractivity contribution in [2.24, 2.45) is 4.99 Å². The normalized spacial score (nSPS) is 12.8. The van der Waals surface area contributed by atoms with Crippen LogP contribution in [0.15, 0.2) is 72.0 Å². The minimum atomic E-state index is -1.07. The third-order valence-electron chi connectivity index (χ3n) is 5.60. The topological polar surface area (TPSA) is 127 Å². The molecule has 0 aliphatic carbocycles. The summed E-state index contributed by atoms with van der Waals surface area (Å²) in [5.41, 5.74) is 3.86.